The zero-order valence-corrected chi connectivity index (χ0v) is 11.0. The second-order valence-electron chi connectivity index (χ2n) is 4.73. The summed E-state index contributed by atoms with van der Waals surface area (Å²) in [5, 5.41) is 19.2. The summed E-state index contributed by atoms with van der Waals surface area (Å²) in [5.41, 5.74) is 3.52. The van der Waals surface area contributed by atoms with Crippen molar-refractivity contribution in [3.63, 3.8) is 0 Å². The second-order valence-corrected chi connectivity index (χ2v) is 4.73. The largest absolute Gasteiger partial charge is 0.282 e. The second kappa shape index (κ2) is 4.77. The van der Waals surface area contributed by atoms with Gasteiger partial charge in [-0.2, -0.15) is 5.10 Å². The predicted octanol–water partition coefficient (Wildman–Crippen LogP) is 3.37. The molecule has 1 N–H and O–H groups in total. The molecular formula is C15H13N3O2. The molecule has 0 radical (unpaired) electrons. The van der Waals surface area contributed by atoms with Gasteiger partial charge in [-0.05, 0) is 18.6 Å². The Labute approximate surface area is 115 Å². The van der Waals surface area contributed by atoms with E-state index in [2.05, 4.69) is 10.2 Å². The molecule has 0 aliphatic rings. The highest BCUT2D eigenvalue weighted by molar-refractivity contribution is 5.88. The summed E-state index contributed by atoms with van der Waals surface area (Å²) in [4.78, 5) is 10.9. The molecule has 3 aromatic rings. The minimum atomic E-state index is -0.329. The Balaban J connectivity index is 2.22. The fourth-order valence-electron chi connectivity index (χ4n) is 2.49. The highest BCUT2D eigenvalue weighted by atomic mass is 16.6. The summed E-state index contributed by atoms with van der Waals surface area (Å²) in [5.74, 6) is 0. The Bertz CT molecular complexity index is 778. The summed E-state index contributed by atoms with van der Waals surface area (Å²) < 4.78 is 0. The van der Waals surface area contributed by atoms with Crippen molar-refractivity contribution in [3.05, 3.63) is 69.4 Å². The number of H-pyrrole nitrogens is 1. The fourth-order valence-corrected chi connectivity index (χ4v) is 2.49. The Morgan fingerprint density at radius 1 is 1.20 bits per heavy atom. The molecule has 5 heteroatoms. The number of fused-ring (bicyclic) bond motifs is 1. The molecule has 0 aliphatic carbocycles. The van der Waals surface area contributed by atoms with E-state index in [0.29, 0.717) is 12.0 Å². The third-order valence-electron chi connectivity index (χ3n) is 3.41. The maximum absolute atomic E-state index is 11.3. The predicted molar refractivity (Wildman–Crippen MR) is 76.7 cm³/mol. The van der Waals surface area contributed by atoms with Crippen LogP contribution in [0.3, 0.4) is 0 Å². The van der Waals surface area contributed by atoms with Gasteiger partial charge in [-0.3, -0.25) is 15.2 Å². The third kappa shape index (κ3) is 2.03. The lowest BCUT2D eigenvalue weighted by Crippen LogP contribution is -1.98. The number of hydrogen-bond acceptors (Lipinski definition) is 3. The molecule has 0 aliphatic heterocycles. The number of nitro groups is 1. The molecular weight excluding hydrogens is 254 g/mol. The van der Waals surface area contributed by atoms with Crippen LogP contribution >= 0.6 is 0 Å². The maximum Gasteiger partial charge on any atom is 0.273 e. The molecule has 0 saturated carbocycles. The molecule has 0 spiro atoms. The van der Waals surface area contributed by atoms with E-state index >= 15 is 0 Å². The molecule has 0 amide bonds. The van der Waals surface area contributed by atoms with Gasteiger partial charge in [0.1, 0.15) is 0 Å². The molecule has 1 heterocycles. The third-order valence-corrected chi connectivity index (χ3v) is 3.41. The average molecular weight is 267 g/mol. The van der Waals surface area contributed by atoms with E-state index in [4.69, 9.17) is 0 Å². The molecule has 2 aromatic carbocycles. The zero-order valence-electron chi connectivity index (χ0n) is 11.0. The molecule has 0 bridgehead atoms. The number of nitro benzene ring substituents is 1. The number of aromatic nitrogens is 2. The smallest absolute Gasteiger partial charge is 0.273 e. The van der Waals surface area contributed by atoms with Crippen LogP contribution in [0.15, 0.2) is 42.5 Å². The summed E-state index contributed by atoms with van der Waals surface area (Å²) in [6.07, 6.45) is 0.523. The van der Waals surface area contributed by atoms with Crippen LogP contribution in [0.25, 0.3) is 10.9 Å². The molecule has 3 rings (SSSR count). The van der Waals surface area contributed by atoms with E-state index in [1.807, 2.05) is 37.3 Å². The number of nitrogens with zero attached hydrogens (tertiary/aromatic N) is 2. The van der Waals surface area contributed by atoms with Gasteiger partial charge in [-0.1, -0.05) is 30.3 Å². The van der Waals surface area contributed by atoms with Crippen molar-refractivity contribution in [2.75, 3.05) is 0 Å². The van der Waals surface area contributed by atoms with E-state index in [1.54, 1.807) is 6.07 Å². The van der Waals surface area contributed by atoms with E-state index in [-0.39, 0.29) is 10.6 Å². The molecule has 0 fully saturated rings. The van der Waals surface area contributed by atoms with Crippen LogP contribution in [-0.4, -0.2) is 15.1 Å². The van der Waals surface area contributed by atoms with Gasteiger partial charge >= 0.3 is 0 Å². The highest BCUT2D eigenvalue weighted by Gasteiger charge is 2.19. The quantitative estimate of drug-likeness (QED) is 0.584. The first-order chi connectivity index (χ1) is 9.66. The first kappa shape index (κ1) is 12.3. The fraction of sp³-hybridized carbons (Fsp3) is 0.133. The van der Waals surface area contributed by atoms with Crippen molar-refractivity contribution in [1.82, 2.24) is 10.2 Å². The molecule has 1 aromatic heterocycles. The zero-order chi connectivity index (χ0) is 14.1. The number of aryl methyl sites for hydroxylation is 1. The van der Waals surface area contributed by atoms with Crippen molar-refractivity contribution in [2.45, 2.75) is 13.3 Å². The van der Waals surface area contributed by atoms with Gasteiger partial charge in [0.2, 0.25) is 0 Å². The summed E-state index contributed by atoms with van der Waals surface area (Å²) in [6, 6.07) is 13.0. The van der Waals surface area contributed by atoms with Gasteiger partial charge in [0.15, 0.2) is 0 Å². The number of benzene rings is 2. The Kier molecular flexibility index (Phi) is 2.95. The number of hydrogen-bond donors (Lipinski definition) is 1. The summed E-state index contributed by atoms with van der Waals surface area (Å²) in [7, 11) is 0. The van der Waals surface area contributed by atoms with Crippen LogP contribution in [0.2, 0.25) is 0 Å². The molecule has 0 atom stereocenters. The van der Waals surface area contributed by atoms with Crippen LogP contribution in [0.4, 0.5) is 5.69 Å². The maximum atomic E-state index is 11.3. The lowest BCUT2D eigenvalue weighted by Gasteiger charge is -2.05. The SMILES string of the molecule is Cc1[nH]nc2ccc([N+](=O)[O-])c(Cc3ccccc3)c12. The molecule has 0 unspecified atom stereocenters. The Hall–Kier alpha value is -2.69. The number of aromatic amines is 1. The molecule has 20 heavy (non-hydrogen) atoms. The molecule has 5 nitrogen and oxygen atoms in total. The average Bonchev–Trinajstić information content (AvgIpc) is 2.82. The van der Waals surface area contributed by atoms with E-state index in [1.165, 1.54) is 6.07 Å². The summed E-state index contributed by atoms with van der Waals surface area (Å²) >= 11 is 0. The van der Waals surface area contributed by atoms with E-state index in [0.717, 1.165) is 22.2 Å². The van der Waals surface area contributed by atoms with Crippen LogP contribution < -0.4 is 0 Å². The standard InChI is InChI=1S/C15H13N3O2/c1-10-15-12(9-11-5-3-2-4-6-11)14(18(19)20)8-7-13(15)17-16-10/h2-8H,9H2,1H3,(H,16,17). The van der Waals surface area contributed by atoms with Gasteiger partial charge in [0, 0.05) is 29.1 Å². The van der Waals surface area contributed by atoms with Gasteiger partial charge in [0.25, 0.3) is 5.69 Å². The Morgan fingerprint density at radius 2 is 1.95 bits per heavy atom. The highest BCUT2D eigenvalue weighted by Crippen LogP contribution is 2.30. The lowest BCUT2D eigenvalue weighted by molar-refractivity contribution is -0.385. The van der Waals surface area contributed by atoms with Crippen LogP contribution in [0.1, 0.15) is 16.8 Å². The van der Waals surface area contributed by atoms with Crippen molar-refractivity contribution in [2.24, 2.45) is 0 Å². The van der Waals surface area contributed by atoms with Crippen LogP contribution in [-0.2, 0) is 6.42 Å². The number of rotatable bonds is 3. The van der Waals surface area contributed by atoms with Gasteiger partial charge < -0.3 is 0 Å². The van der Waals surface area contributed by atoms with Crippen molar-refractivity contribution in [1.29, 1.82) is 0 Å². The minimum Gasteiger partial charge on any atom is -0.282 e. The topological polar surface area (TPSA) is 71.8 Å². The molecule has 0 saturated heterocycles. The first-order valence-corrected chi connectivity index (χ1v) is 6.31. The normalized spacial score (nSPS) is 10.8. The number of nitrogens with one attached hydrogen (secondary N) is 1. The lowest BCUT2D eigenvalue weighted by atomic mass is 9.98. The van der Waals surface area contributed by atoms with Crippen LogP contribution in [0.5, 0.6) is 0 Å². The van der Waals surface area contributed by atoms with Gasteiger partial charge in [0.05, 0.1) is 10.4 Å². The van der Waals surface area contributed by atoms with E-state index in [9.17, 15) is 10.1 Å². The van der Waals surface area contributed by atoms with Crippen molar-refractivity contribution < 1.29 is 4.92 Å². The monoisotopic (exact) mass is 267 g/mol. The van der Waals surface area contributed by atoms with Crippen molar-refractivity contribution in [3.8, 4) is 0 Å². The first-order valence-electron chi connectivity index (χ1n) is 6.31. The van der Waals surface area contributed by atoms with E-state index < -0.39 is 0 Å². The minimum absolute atomic E-state index is 0.144. The molecule has 100 valence electrons. The van der Waals surface area contributed by atoms with Crippen molar-refractivity contribution >= 4 is 16.6 Å². The van der Waals surface area contributed by atoms with Crippen LogP contribution in [0, 0.1) is 17.0 Å². The van der Waals surface area contributed by atoms with Gasteiger partial charge in [-0.25, -0.2) is 0 Å². The summed E-state index contributed by atoms with van der Waals surface area (Å²) in [6.45, 7) is 1.88. The van der Waals surface area contributed by atoms with Gasteiger partial charge in [-0.15, -0.1) is 0 Å². The Morgan fingerprint density at radius 3 is 2.65 bits per heavy atom.